The predicted octanol–water partition coefficient (Wildman–Crippen LogP) is 3.34. The molecular weight excluding hydrogens is 442 g/mol. The van der Waals surface area contributed by atoms with E-state index in [1.54, 1.807) is 43.5 Å². The molecule has 2 fully saturated rings. The van der Waals surface area contributed by atoms with Crippen LogP contribution in [0.5, 0.6) is 0 Å². The number of rotatable bonds is 8. The lowest BCUT2D eigenvalue weighted by atomic mass is 9.74. The molecule has 0 spiro atoms. The molecule has 8 heteroatoms. The van der Waals surface area contributed by atoms with E-state index in [0.717, 1.165) is 49.7 Å². The standard InChI is InChI=1S/C27H35N5O3/c1-31(2)27(35)32(21-13-14-21)17-18-9-11-19(12-10-18)22-7-3-4-8-23(22)26(34)30-24(25(28)33)20-6-5-15-29-16-20/h5-6,9-12,15-16,21-24H,3-4,7-8,13-14,17H2,1-2H3,(H2,28,33)(H,30,34)/t22-,23+,24-/m0/s1. The van der Waals surface area contributed by atoms with Gasteiger partial charge in [0.05, 0.1) is 0 Å². The Labute approximate surface area is 206 Å². The van der Waals surface area contributed by atoms with E-state index in [1.807, 2.05) is 4.90 Å². The second kappa shape index (κ2) is 10.9. The summed E-state index contributed by atoms with van der Waals surface area (Å²) in [6.45, 7) is 0.585. The van der Waals surface area contributed by atoms with Gasteiger partial charge in [0.25, 0.3) is 0 Å². The molecule has 0 aliphatic heterocycles. The second-order valence-electron chi connectivity index (χ2n) is 9.91. The van der Waals surface area contributed by atoms with E-state index in [2.05, 4.69) is 34.6 Å². The highest BCUT2D eigenvalue weighted by Crippen LogP contribution is 2.38. The first kappa shape index (κ1) is 24.7. The summed E-state index contributed by atoms with van der Waals surface area (Å²) < 4.78 is 0. The van der Waals surface area contributed by atoms with Crippen LogP contribution in [-0.4, -0.2) is 52.8 Å². The first-order valence-electron chi connectivity index (χ1n) is 12.4. The molecule has 0 saturated heterocycles. The Morgan fingerprint density at radius 2 is 1.77 bits per heavy atom. The van der Waals surface area contributed by atoms with Crippen molar-refractivity contribution in [3.05, 3.63) is 65.5 Å². The van der Waals surface area contributed by atoms with Crippen molar-refractivity contribution in [2.75, 3.05) is 14.1 Å². The van der Waals surface area contributed by atoms with Crippen molar-refractivity contribution in [3.8, 4) is 0 Å². The Bertz CT molecular complexity index is 1040. The van der Waals surface area contributed by atoms with Crippen molar-refractivity contribution in [2.45, 2.75) is 63.1 Å². The summed E-state index contributed by atoms with van der Waals surface area (Å²) in [4.78, 5) is 45.6. The van der Waals surface area contributed by atoms with Crippen LogP contribution in [0.4, 0.5) is 4.79 Å². The van der Waals surface area contributed by atoms with Gasteiger partial charge >= 0.3 is 6.03 Å². The van der Waals surface area contributed by atoms with Crippen molar-refractivity contribution in [1.29, 1.82) is 0 Å². The number of nitrogens with zero attached hydrogens (tertiary/aromatic N) is 3. The molecule has 3 N–H and O–H groups in total. The molecule has 1 aromatic heterocycles. The Morgan fingerprint density at radius 3 is 2.37 bits per heavy atom. The number of pyridine rings is 1. The monoisotopic (exact) mass is 477 g/mol. The lowest BCUT2D eigenvalue weighted by Crippen LogP contribution is -2.42. The fourth-order valence-electron chi connectivity index (χ4n) is 5.02. The maximum absolute atomic E-state index is 13.3. The van der Waals surface area contributed by atoms with E-state index in [0.29, 0.717) is 18.2 Å². The smallest absolute Gasteiger partial charge is 0.320 e. The fraction of sp³-hybridized carbons (Fsp3) is 0.481. The number of urea groups is 1. The number of aromatic nitrogens is 1. The van der Waals surface area contributed by atoms with Crippen LogP contribution in [0.1, 0.15) is 67.2 Å². The summed E-state index contributed by atoms with van der Waals surface area (Å²) in [5.41, 5.74) is 8.38. The molecule has 8 nitrogen and oxygen atoms in total. The minimum Gasteiger partial charge on any atom is -0.368 e. The zero-order valence-corrected chi connectivity index (χ0v) is 20.5. The molecule has 2 saturated carbocycles. The highest BCUT2D eigenvalue weighted by atomic mass is 16.2. The third-order valence-corrected chi connectivity index (χ3v) is 7.07. The minimum atomic E-state index is -0.899. The number of nitrogens with two attached hydrogens (primary N) is 1. The zero-order valence-electron chi connectivity index (χ0n) is 20.5. The summed E-state index contributed by atoms with van der Waals surface area (Å²) in [6.07, 6.45) is 9.00. The molecule has 35 heavy (non-hydrogen) atoms. The predicted molar refractivity (Wildman–Crippen MR) is 133 cm³/mol. The highest BCUT2D eigenvalue weighted by molar-refractivity contribution is 5.89. The fourth-order valence-corrected chi connectivity index (χ4v) is 5.02. The molecule has 1 aromatic carbocycles. The first-order chi connectivity index (χ1) is 16.8. The maximum atomic E-state index is 13.3. The van der Waals surface area contributed by atoms with E-state index < -0.39 is 11.9 Å². The van der Waals surface area contributed by atoms with Gasteiger partial charge in [0.1, 0.15) is 6.04 Å². The van der Waals surface area contributed by atoms with Crippen LogP contribution < -0.4 is 11.1 Å². The molecule has 2 aromatic rings. The van der Waals surface area contributed by atoms with Crippen molar-refractivity contribution >= 4 is 17.8 Å². The third kappa shape index (κ3) is 5.99. The third-order valence-electron chi connectivity index (χ3n) is 7.07. The molecule has 0 bridgehead atoms. The number of primary amides is 1. The van der Waals surface area contributed by atoms with Gasteiger partial charge in [-0.05, 0) is 48.8 Å². The van der Waals surface area contributed by atoms with Gasteiger partial charge in [0.15, 0.2) is 0 Å². The van der Waals surface area contributed by atoms with Crippen LogP contribution in [0.2, 0.25) is 0 Å². The molecule has 1 heterocycles. The van der Waals surface area contributed by atoms with Gasteiger partial charge in [0, 0.05) is 50.6 Å². The summed E-state index contributed by atoms with van der Waals surface area (Å²) in [6, 6.07) is 11.2. The van der Waals surface area contributed by atoms with E-state index >= 15 is 0 Å². The van der Waals surface area contributed by atoms with Crippen LogP contribution >= 0.6 is 0 Å². The molecule has 186 valence electrons. The number of carbonyl (C=O) groups excluding carboxylic acids is 3. The molecule has 2 aliphatic rings. The van der Waals surface area contributed by atoms with Gasteiger partial charge in [-0.25, -0.2) is 4.79 Å². The Kier molecular flexibility index (Phi) is 7.68. The number of hydrogen-bond acceptors (Lipinski definition) is 4. The van der Waals surface area contributed by atoms with Gasteiger partial charge in [0.2, 0.25) is 11.8 Å². The molecule has 2 aliphatic carbocycles. The number of amides is 4. The van der Waals surface area contributed by atoms with E-state index in [-0.39, 0.29) is 23.8 Å². The number of nitrogens with one attached hydrogen (secondary N) is 1. The van der Waals surface area contributed by atoms with Gasteiger partial charge in [-0.1, -0.05) is 43.2 Å². The number of hydrogen-bond donors (Lipinski definition) is 2. The van der Waals surface area contributed by atoms with Crippen LogP contribution in [0.3, 0.4) is 0 Å². The average Bonchev–Trinajstić information content (AvgIpc) is 3.71. The quantitative estimate of drug-likeness (QED) is 0.608. The van der Waals surface area contributed by atoms with Gasteiger partial charge in [-0.2, -0.15) is 0 Å². The normalized spacial score (nSPS) is 20.5. The minimum absolute atomic E-state index is 0.0400. The zero-order chi connectivity index (χ0) is 24.9. The highest BCUT2D eigenvalue weighted by Gasteiger charge is 2.35. The first-order valence-corrected chi connectivity index (χ1v) is 12.4. The second-order valence-corrected chi connectivity index (χ2v) is 9.91. The SMILES string of the molecule is CN(C)C(=O)N(Cc1ccc([C@@H]2CCCC[C@H]2C(=O)N[C@H](C(N)=O)c2cccnc2)cc1)C1CC1. The van der Waals surface area contributed by atoms with Crippen molar-refractivity contribution in [2.24, 2.45) is 11.7 Å². The molecule has 4 amide bonds. The van der Waals surface area contributed by atoms with Gasteiger partial charge < -0.3 is 20.9 Å². The van der Waals surface area contributed by atoms with Crippen LogP contribution in [0.15, 0.2) is 48.8 Å². The largest absolute Gasteiger partial charge is 0.368 e. The maximum Gasteiger partial charge on any atom is 0.320 e. The lowest BCUT2D eigenvalue weighted by molar-refractivity contribution is -0.131. The van der Waals surface area contributed by atoms with Crippen molar-refractivity contribution < 1.29 is 14.4 Å². The molecule has 4 rings (SSSR count). The van der Waals surface area contributed by atoms with Crippen LogP contribution in [0.25, 0.3) is 0 Å². The molecular formula is C27H35N5O3. The summed E-state index contributed by atoms with van der Waals surface area (Å²) in [5, 5.41) is 2.88. The number of carbonyl (C=O) groups is 3. The average molecular weight is 478 g/mol. The summed E-state index contributed by atoms with van der Waals surface area (Å²) in [5.74, 6) is -0.909. The summed E-state index contributed by atoms with van der Waals surface area (Å²) >= 11 is 0. The van der Waals surface area contributed by atoms with Crippen molar-refractivity contribution in [3.63, 3.8) is 0 Å². The van der Waals surface area contributed by atoms with E-state index in [9.17, 15) is 14.4 Å². The van der Waals surface area contributed by atoms with Crippen LogP contribution in [0, 0.1) is 5.92 Å². The van der Waals surface area contributed by atoms with Gasteiger partial charge in [-0.15, -0.1) is 0 Å². The topological polar surface area (TPSA) is 109 Å². The molecule has 3 atom stereocenters. The van der Waals surface area contributed by atoms with E-state index in [1.165, 1.54) is 0 Å². The van der Waals surface area contributed by atoms with Gasteiger partial charge in [-0.3, -0.25) is 14.6 Å². The van der Waals surface area contributed by atoms with Crippen LogP contribution in [-0.2, 0) is 16.1 Å². The van der Waals surface area contributed by atoms with Crippen molar-refractivity contribution in [1.82, 2.24) is 20.1 Å². The molecule has 0 unspecified atom stereocenters. The summed E-state index contributed by atoms with van der Waals surface area (Å²) in [7, 11) is 3.57. The Hall–Kier alpha value is -3.42. The molecule has 0 radical (unpaired) electrons. The Morgan fingerprint density at radius 1 is 1.06 bits per heavy atom. The number of benzene rings is 1. The lowest BCUT2D eigenvalue weighted by Gasteiger charge is -2.32. The van der Waals surface area contributed by atoms with E-state index in [4.69, 9.17) is 5.73 Å². The Balaban J connectivity index is 1.46.